The van der Waals surface area contributed by atoms with Gasteiger partial charge in [0, 0.05) is 19.0 Å². The fourth-order valence-electron chi connectivity index (χ4n) is 1.66. The highest BCUT2D eigenvalue weighted by Gasteiger charge is 2.16. The van der Waals surface area contributed by atoms with E-state index in [-0.39, 0.29) is 17.9 Å². The van der Waals surface area contributed by atoms with E-state index in [2.05, 4.69) is 10.6 Å². The van der Waals surface area contributed by atoms with Crippen molar-refractivity contribution in [1.82, 2.24) is 5.32 Å². The molecule has 124 valence electrons. The molecule has 0 saturated carbocycles. The quantitative estimate of drug-likeness (QED) is 0.674. The van der Waals surface area contributed by atoms with E-state index >= 15 is 0 Å². The highest BCUT2D eigenvalue weighted by Crippen LogP contribution is 2.24. The van der Waals surface area contributed by atoms with Gasteiger partial charge in [0.15, 0.2) is 0 Å². The van der Waals surface area contributed by atoms with Crippen LogP contribution >= 0.6 is 0 Å². The summed E-state index contributed by atoms with van der Waals surface area (Å²) in [5, 5.41) is 5.03. The second-order valence-electron chi connectivity index (χ2n) is 4.63. The summed E-state index contributed by atoms with van der Waals surface area (Å²) in [5.41, 5.74) is -0.685. The van der Waals surface area contributed by atoms with Crippen LogP contribution in [0.2, 0.25) is 0 Å². The van der Waals surface area contributed by atoms with E-state index in [1.807, 2.05) is 4.72 Å². The predicted molar refractivity (Wildman–Crippen MR) is 81.2 cm³/mol. The van der Waals surface area contributed by atoms with Gasteiger partial charge in [0.2, 0.25) is 15.9 Å². The summed E-state index contributed by atoms with van der Waals surface area (Å²) in [5.74, 6) is -2.69. The van der Waals surface area contributed by atoms with E-state index in [1.165, 1.54) is 0 Å². The molecule has 0 radical (unpaired) electrons. The molecule has 0 aliphatic heterocycles. The molecule has 0 fully saturated rings. The Morgan fingerprint density at radius 2 is 1.82 bits per heavy atom. The first-order valence-corrected chi connectivity index (χ1v) is 8.38. The zero-order chi connectivity index (χ0) is 16.8. The standard InChI is InChI=1S/C13H19F2N3O3S/c1-3-6-22(20,21)18-12-8-11(9(14)7-10(12)15)17-13(19)4-5-16-2/h7-8,16,18H,3-6H2,1-2H3,(H,17,19). The molecule has 1 rings (SSSR count). The normalized spacial score (nSPS) is 11.3. The van der Waals surface area contributed by atoms with Crippen LogP contribution in [0, 0.1) is 11.6 Å². The molecule has 0 atom stereocenters. The molecular formula is C13H19F2N3O3S. The van der Waals surface area contributed by atoms with Crippen molar-refractivity contribution < 1.29 is 22.0 Å². The van der Waals surface area contributed by atoms with Crippen LogP contribution in [0.3, 0.4) is 0 Å². The fraction of sp³-hybridized carbons (Fsp3) is 0.462. The monoisotopic (exact) mass is 335 g/mol. The summed E-state index contributed by atoms with van der Waals surface area (Å²) >= 11 is 0. The summed E-state index contributed by atoms with van der Waals surface area (Å²) < 4.78 is 52.6. The van der Waals surface area contributed by atoms with Crippen LogP contribution in [0.1, 0.15) is 19.8 Å². The minimum atomic E-state index is -3.71. The number of amides is 1. The number of rotatable bonds is 8. The number of hydrogen-bond acceptors (Lipinski definition) is 4. The first-order valence-electron chi connectivity index (χ1n) is 6.73. The van der Waals surface area contributed by atoms with Crippen LogP contribution in [-0.2, 0) is 14.8 Å². The predicted octanol–water partition coefficient (Wildman–Crippen LogP) is 1.66. The van der Waals surface area contributed by atoms with Gasteiger partial charge in [-0.15, -0.1) is 0 Å². The molecule has 0 aromatic heterocycles. The van der Waals surface area contributed by atoms with Crippen molar-refractivity contribution >= 4 is 27.3 Å². The largest absolute Gasteiger partial charge is 0.323 e. The third-order valence-electron chi connectivity index (χ3n) is 2.67. The number of hydrogen-bond donors (Lipinski definition) is 3. The van der Waals surface area contributed by atoms with Crippen LogP contribution in [0.25, 0.3) is 0 Å². The van der Waals surface area contributed by atoms with Gasteiger partial charge in [0.25, 0.3) is 0 Å². The molecule has 0 aliphatic rings. The minimum absolute atomic E-state index is 0.101. The molecule has 6 nitrogen and oxygen atoms in total. The Labute approximate surface area is 128 Å². The average Bonchev–Trinajstić information content (AvgIpc) is 2.41. The summed E-state index contributed by atoms with van der Waals surface area (Å²) in [6, 6.07) is 1.45. The zero-order valence-electron chi connectivity index (χ0n) is 12.4. The first-order chi connectivity index (χ1) is 10.3. The first kappa shape index (κ1) is 18.3. The second-order valence-corrected chi connectivity index (χ2v) is 6.48. The molecule has 1 aromatic carbocycles. The number of benzene rings is 1. The van der Waals surface area contributed by atoms with Gasteiger partial charge in [-0.1, -0.05) is 6.92 Å². The van der Waals surface area contributed by atoms with Crippen LogP contribution in [0.4, 0.5) is 20.2 Å². The lowest BCUT2D eigenvalue weighted by molar-refractivity contribution is -0.116. The van der Waals surface area contributed by atoms with Gasteiger partial charge in [-0.2, -0.15) is 0 Å². The molecule has 0 unspecified atom stereocenters. The molecule has 1 aromatic rings. The van der Waals surface area contributed by atoms with Crippen molar-refractivity contribution in [3.63, 3.8) is 0 Å². The number of sulfonamides is 1. The van der Waals surface area contributed by atoms with Crippen molar-refractivity contribution in [2.75, 3.05) is 29.4 Å². The smallest absolute Gasteiger partial charge is 0.232 e. The Kier molecular flexibility index (Phi) is 6.69. The van der Waals surface area contributed by atoms with E-state index in [4.69, 9.17) is 0 Å². The molecule has 1 amide bonds. The number of carbonyl (C=O) groups is 1. The second kappa shape index (κ2) is 8.04. The van der Waals surface area contributed by atoms with E-state index in [9.17, 15) is 22.0 Å². The summed E-state index contributed by atoms with van der Waals surface area (Å²) in [6.07, 6.45) is 0.454. The Hall–Kier alpha value is -1.74. The third-order valence-corrected chi connectivity index (χ3v) is 4.15. The molecule has 0 saturated heterocycles. The Morgan fingerprint density at radius 3 is 2.41 bits per heavy atom. The van der Waals surface area contributed by atoms with Gasteiger partial charge in [-0.25, -0.2) is 17.2 Å². The lowest BCUT2D eigenvalue weighted by Crippen LogP contribution is -2.20. The van der Waals surface area contributed by atoms with Gasteiger partial charge >= 0.3 is 0 Å². The van der Waals surface area contributed by atoms with Crippen LogP contribution in [0.5, 0.6) is 0 Å². The lowest BCUT2D eigenvalue weighted by atomic mass is 10.2. The molecular weight excluding hydrogens is 316 g/mol. The van der Waals surface area contributed by atoms with Gasteiger partial charge in [-0.05, 0) is 19.5 Å². The summed E-state index contributed by atoms with van der Waals surface area (Å²) in [6.45, 7) is 2.05. The summed E-state index contributed by atoms with van der Waals surface area (Å²) in [7, 11) is -2.06. The maximum absolute atomic E-state index is 13.7. The lowest BCUT2D eigenvalue weighted by Gasteiger charge is -2.12. The Morgan fingerprint density at radius 1 is 1.18 bits per heavy atom. The SMILES string of the molecule is CCCS(=O)(=O)Nc1cc(NC(=O)CCNC)c(F)cc1F. The van der Waals surface area contributed by atoms with Gasteiger partial charge in [-0.3, -0.25) is 9.52 Å². The van der Waals surface area contributed by atoms with Crippen LogP contribution in [-0.4, -0.2) is 33.7 Å². The fourth-order valence-corrected chi connectivity index (χ4v) is 2.79. The molecule has 0 heterocycles. The van der Waals surface area contributed by atoms with Crippen molar-refractivity contribution in [2.45, 2.75) is 19.8 Å². The van der Waals surface area contributed by atoms with Crippen molar-refractivity contribution in [2.24, 2.45) is 0 Å². The van der Waals surface area contributed by atoms with E-state index in [0.29, 0.717) is 19.0 Å². The molecule has 0 aliphatic carbocycles. The van der Waals surface area contributed by atoms with E-state index in [1.54, 1.807) is 14.0 Å². The summed E-state index contributed by atoms with van der Waals surface area (Å²) in [4.78, 5) is 11.6. The molecule has 9 heteroatoms. The molecule has 0 bridgehead atoms. The maximum Gasteiger partial charge on any atom is 0.232 e. The van der Waals surface area contributed by atoms with Crippen molar-refractivity contribution in [3.05, 3.63) is 23.8 Å². The highest BCUT2D eigenvalue weighted by molar-refractivity contribution is 7.92. The van der Waals surface area contributed by atoms with Gasteiger partial charge in [0.1, 0.15) is 11.6 Å². The van der Waals surface area contributed by atoms with Crippen molar-refractivity contribution in [1.29, 1.82) is 0 Å². The number of halogens is 2. The Bertz CT molecular complexity index is 636. The maximum atomic E-state index is 13.7. The number of anilines is 2. The Balaban J connectivity index is 2.97. The number of carbonyl (C=O) groups excluding carboxylic acids is 1. The van der Waals surface area contributed by atoms with Crippen LogP contribution < -0.4 is 15.4 Å². The van der Waals surface area contributed by atoms with Crippen molar-refractivity contribution in [3.8, 4) is 0 Å². The van der Waals surface area contributed by atoms with E-state index < -0.39 is 33.3 Å². The average molecular weight is 335 g/mol. The van der Waals surface area contributed by atoms with Gasteiger partial charge in [0.05, 0.1) is 17.1 Å². The molecule has 22 heavy (non-hydrogen) atoms. The van der Waals surface area contributed by atoms with Crippen LogP contribution in [0.15, 0.2) is 12.1 Å². The highest BCUT2D eigenvalue weighted by atomic mass is 32.2. The zero-order valence-corrected chi connectivity index (χ0v) is 13.2. The molecule has 0 spiro atoms. The minimum Gasteiger partial charge on any atom is -0.323 e. The molecule has 3 N–H and O–H groups in total. The third kappa shape index (κ3) is 5.57. The van der Waals surface area contributed by atoms with E-state index in [0.717, 1.165) is 6.07 Å². The topological polar surface area (TPSA) is 87.3 Å². The van der Waals surface area contributed by atoms with Gasteiger partial charge < -0.3 is 10.6 Å². The number of nitrogens with one attached hydrogen (secondary N) is 3.